The fraction of sp³-hybridized carbons (Fsp3) is 0.600. The molecular weight excluding hydrogens is 168 g/mol. The molecule has 0 amide bonds. The van der Waals surface area contributed by atoms with Gasteiger partial charge in [0.25, 0.3) is 0 Å². The summed E-state index contributed by atoms with van der Waals surface area (Å²) >= 11 is 0. The maximum Gasteiger partial charge on any atom is 0.306 e. The van der Waals surface area contributed by atoms with E-state index in [0.29, 0.717) is 6.42 Å². The van der Waals surface area contributed by atoms with Gasteiger partial charge in [-0.15, -0.1) is 0 Å². The average molecular weight is 182 g/mol. The van der Waals surface area contributed by atoms with E-state index in [0.717, 1.165) is 18.4 Å². The van der Waals surface area contributed by atoms with E-state index in [-0.39, 0.29) is 17.7 Å². The molecule has 0 saturated carbocycles. The van der Waals surface area contributed by atoms with Crippen molar-refractivity contribution >= 4 is 11.8 Å². The number of Topliss-reactive ketones (excluding diaryl/α,β-unsaturated/α-hetero) is 1. The van der Waals surface area contributed by atoms with Gasteiger partial charge in [-0.1, -0.05) is 6.08 Å². The minimum atomic E-state index is -0.237. The Balaban J connectivity index is 2.57. The molecule has 0 aromatic carbocycles. The molecule has 1 aliphatic rings. The quantitative estimate of drug-likeness (QED) is 0.621. The van der Waals surface area contributed by atoms with E-state index in [9.17, 15) is 9.59 Å². The molecule has 0 saturated heterocycles. The number of ether oxygens (including phenoxy) is 1. The highest BCUT2D eigenvalue weighted by Gasteiger charge is 2.24. The lowest BCUT2D eigenvalue weighted by molar-refractivity contribution is -0.141. The van der Waals surface area contributed by atoms with Crippen molar-refractivity contribution < 1.29 is 14.3 Å². The van der Waals surface area contributed by atoms with Crippen LogP contribution in [0.15, 0.2) is 11.6 Å². The second kappa shape index (κ2) is 4.21. The van der Waals surface area contributed by atoms with E-state index in [1.807, 2.05) is 6.08 Å². The standard InChI is InChI=1S/C10H14O3/c1-7(11)9-5-3-4-8(9)6-10(12)13-2/h5,8H,3-4,6H2,1-2H3. The minimum Gasteiger partial charge on any atom is -0.469 e. The van der Waals surface area contributed by atoms with Crippen LogP contribution in [0, 0.1) is 5.92 Å². The first-order chi connectivity index (χ1) is 6.15. The molecule has 0 bridgehead atoms. The summed E-state index contributed by atoms with van der Waals surface area (Å²) in [6.45, 7) is 1.54. The highest BCUT2D eigenvalue weighted by atomic mass is 16.5. The van der Waals surface area contributed by atoms with Gasteiger partial charge < -0.3 is 4.74 Å². The third kappa shape index (κ3) is 2.41. The predicted molar refractivity (Wildman–Crippen MR) is 48.1 cm³/mol. The molecule has 1 aliphatic carbocycles. The molecule has 3 heteroatoms. The van der Waals surface area contributed by atoms with Crippen LogP contribution in [0.5, 0.6) is 0 Å². The second-order valence-corrected chi connectivity index (χ2v) is 3.27. The van der Waals surface area contributed by atoms with Gasteiger partial charge in [0.2, 0.25) is 0 Å². The van der Waals surface area contributed by atoms with Crippen LogP contribution in [0.1, 0.15) is 26.2 Å². The lowest BCUT2D eigenvalue weighted by atomic mass is 9.95. The third-order valence-corrected chi connectivity index (χ3v) is 2.37. The van der Waals surface area contributed by atoms with Crippen LogP contribution in [-0.4, -0.2) is 18.9 Å². The molecule has 0 spiro atoms. The molecule has 0 fully saturated rings. The molecule has 0 heterocycles. The van der Waals surface area contributed by atoms with Crippen molar-refractivity contribution in [1.29, 1.82) is 0 Å². The summed E-state index contributed by atoms with van der Waals surface area (Å²) in [5.74, 6) is -0.0737. The Morgan fingerprint density at radius 2 is 2.31 bits per heavy atom. The van der Waals surface area contributed by atoms with Gasteiger partial charge in [-0.2, -0.15) is 0 Å². The van der Waals surface area contributed by atoms with Crippen LogP contribution in [-0.2, 0) is 14.3 Å². The molecule has 0 aromatic rings. The topological polar surface area (TPSA) is 43.4 Å². The number of carbonyl (C=O) groups is 2. The summed E-state index contributed by atoms with van der Waals surface area (Å²) in [6, 6.07) is 0. The monoisotopic (exact) mass is 182 g/mol. The fourth-order valence-corrected chi connectivity index (χ4v) is 1.69. The SMILES string of the molecule is COC(=O)CC1CCC=C1C(C)=O. The first kappa shape index (κ1) is 9.96. The maximum absolute atomic E-state index is 11.1. The Bertz CT molecular complexity index is 253. The number of hydrogen-bond donors (Lipinski definition) is 0. The molecule has 1 unspecified atom stereocenters. The molecule has 0 N–H and O–H groups in total. The molecular formula is C10H14O3. The molecule has 13 heavy (non-hydrogen) atoms. The Hall–Kier alpha value is -1.12. The fourth-order valence-electron chi connectivity index (χ4n) is 1.69. The van der Waals surface area contributed by atoms with Crippen molar-refractivity contribution in [2.45, 2.75) is 26.2 Å². The summed E-state index contributed by atoms with van der Waals surface area (Å²) in [5.41, 5.74) is 0.797. The summed E-state index contributed by atoms with van der Waals surface area (Å²) < 4.78 is 4.56. The second-order valence-electron chi connectivity index (χ2n) is 3.27. The van der Waals surface area contributed by atoms with E-state index < -0.39 is 0 Å². The van der Waals surface area contributed by atoms with Gasteiger partial charge in [0, 0.05) is 0 Å². The number of allylic oxidation sites excluding steroid dienone is 2. The average Bonchev–Trinajstić information content (AvgIpc) is 2.52. The number of ketones is 1. The smallest absolute Gasteiger partial charge is 0.306 e. The van der Waals surface area contributed by atoms with Crippen molar-refractivity contribution in [1.82, 2.24) is 0 Å². The van der Waals surface area contributed by atoms with Crippen molar-refractivity contribution in [3.63, 3.8) is 0 Å². The zero-order chi connectivity index (χ0) is 9.84. The maximum atomic E-state index is 11.1. The van der Waals surface area contributed by atoms with E-state index in [4.69, 9.17) is 0 Å². The first-order valence-corrected chi connectivity index (χ1v) is 4.43. The highest BCUT2D eigenvalue weighted by Crippen LogP contribution is 2.29. The van der Waals surface area contributed by atoms with Crippen molar-refractivity contribution in [2.24, 2.45) is 5.92 Å². The summed E-state index contributed by atoms with van der Waals surface area (Å²) in [4.78, 5) is 22.1. The lowest BCUT2D eigenvalue weighted by Crippen LogP contribution is -2.13. The van der Waals surface area contributed by atoms with Gasteiger partial charge in [-0.3, -0.25) is 9.59 Å². The summed E-state index contributed by atoms with van der Waals surface area (Å²) in [7, 11) is 1.37. The van der Waals surface area contributed by atoms with Gasteiger partial charge in [-0.25, -0.2) is 0 Å². The van der Waals surface area contributed by atoms with E-state index >= 15 is 0 Å². The molecule has 0 aliphatic heterocycles. The number of carbonyl (C=O) groups excluding carboxylic acids is 2. The van der Waals surface area contributed by atoms with Gasteiger partial charge in [0.05, 0.1) is 13.5 Å². The Labute approximate surface area is 77.8 Å². The van der Waals surface area contributed by atoms with Crippen LogP contribution in [0.3, 0.4) is 0 Å². The van der Waals surface area contributed by atoms with Crippen LogP contribution < -0.4 is 0 Å². The van der Waals surface area contributed by atoms with Gasteiger partial charge >= 0.3 is 5.97 Å². The van der Waals surface area contributed by atoms with Gasteiger partial charge in [0.15, 0.2) is 5.78 Å². The largest absolute Gasteiger partial charge is 0.469 e. The van der Waals surface area contributed by atoms with E-state index in [2.05, 4.69) is 4.74 Å². The van der Waals surface area contributed by atoms with Gasteiger partial charge in [0.1, 0.15) is 0 Å². The zero-order valence-electron chi connectivity index (χ0n) is 8.00. The molecule has 3 nitrogen and oxygen atoms in total. The molecule has 1 rings (SSSR count). The van der Waals surface area contributed by atoms with Crippen molar-refractivity contribution in [3.05, 3.63) is 11.6 Å². The van der Waals surface area contributed by atoms with Crippen LogP contribution in [0.4, 0.5) is 0 Å². The van der Waals surface area contributed by atoms with Gasteiger partial charge in [-0.05, 0) is 31.3 Å². The Kier molecular flexibility index (Phi) is 3.23. The Morgan fingerprint density at radius 3 is 2.85 bits per heavy atom. The van der Waals surface area contributed by atoms with E-state index in [1.165, 1.54) is 7.11 Å². The number of esters is 1. The minimum absolute atomic E-state index is 0.0754. The summed E-state index contributed by atoms with van der Waals surface area (Å²) in [5, 5.41) is 0. The zero-order valence-corrected chi connectivity index (χ0v) is 8.00. The first-order valence-electron chi connectivity index (χ1n) is 4.43. The molecule has 1 atom stereocenters. The number of rotatable bonds is 3. The summed E-state index contributed by atoms with van der Waals surface area (Å²) in [6.07, 6.45) is 4.05. The highest BCUT2D eigenvalue weighted by molar-refractivity contribution is 5.94. The number of methoxy groups -OCH3 is 1. The molecule has 0 radical (unpaired) electrons. The van der Waals surface area contributed by atoms with Crippen molar-refractivity contribution in [3.8, 4) is 0 Å². The normalized spacial score (nSPS) is 21.1. The Morgan fingerprint density at radius 1 is 1.62 bits per heavy atom. The lowest BCUT2D eigenvalue weighted by Gasteiger charge is -2.10. The van der Waals surface area contributed by atoms with Crippen LogP contribution in [0.2, 0.25) is 0 Å². The van der Waals surface area contributed by atoms with Crippen LogP contribution in [0.25, 0.3) is 0 Å². The predicted octanol–water partition coefficient (Wildman–Crippen LogP) is 1.47. The third-order valence-electron chi connectivity index (χ3n) is 2.37. The number of hydrogen-bond acceptors (Lipinski definition) is 3. The van der Waals surface area contributed by atoms with Crippen molar-refractivity contribution in [2.75, 3.05) is 7.11 Å². The van der Waals surface area contributed by atoms with Crippen LogP contribution >= 0.6 is 0 Å². The van der Waals surface area contributed by atoms with E-state index in [1.54, 1.807) is 6.92 Å². The molecule has 72 valence electrons. The molecule has 0 aromatic heterocycles.